The fraction of sp³-hybridized carbons (Fsp3) is 0.269. The van der Waals surface area contributed by atoms with Gasteiger partial charge in [0, 0.05) is 32.4 Å². The highest BCUT2D eigenvalue weighted by Gasteiger charge is 2.48. The average molecular weight is 486 g/mol. The molecule has 2 aromatic carbocycles. The molecular weight excluding hydrogens is 461 g/mol. The average Bonchev–Trinajstić information content (AvgIpc) is 3.37. The molecule has 0 bridgehead atoms. The Labute approximate surface area is 206 Å². The van der Waals surface area contributed by atoms with Crippen molar-refractivity contribution < 1.29 is 14.0 Å². The predicted octanol–water partition coefficient (Wildman–Crippen LogP) is 2.92. The number of aryl methyl sites for hydroxylation is 1. The van der Waals surface area contributed by atoms with Crippen LogP contribution in [0, 0.1) is 5.82 Å². The van der Waals surface area contributed by atoms with E-state index in [1.54, 1.807) is 23.7 Å². The van der Waals surface area contributed by atoms with Crippen LogP contribution in [-0.2, 0) is 23.8 Å². The Bertz CT molecular complexity index is 1510. The fourth-order valence-electron chi connectivity index (χ4n) is 5.30. The quantitative estimate of drug-likeness (QED) is 0.461. The summed E-state index contributed by atoms with van der Waals surface area (Å²) >= 11 is 0. The van der Waals surface area contributed by atoms with Gasteiger partial charge in [-0.2, -0.15) is 0 Å². The number of halogens is 1. The molecule has 1 saturated heterocycles. The Kier molecular flexibility index (Phi) is 5.17. The van der Waals surface area contributed by atoms with Gasteiger partial charge in [0.1, 0.15) is 12.1 Å². The normalized spacial score (nSPS) is 16.3. The lowest BCUT2D eigenvalue weighted by molar-refractivity contribution is -0.121. The van der Waals surface area contributed by atoms with Crippen LogP contribution < -0.4 is 15.5 Å². The zero-order valence-electron chi connectivity index (χ0n) is 19.7. The van der Waals surface area contributed by atoms with Crippen LogP contribution in [0.15, 0.2) is 54.9 Å². The topological polar surface area (TPSA) is 105 Å². The highest BCUT2D eigenvalue weighted by molar-refractivity contribution is 6.06. The number of amides is 2. The first-order chi connectivity index (χ1) is 17.5. The molecule has 2 aliphatic heterocycles. The predicted molar refractivity (Wildman–Crippen MR) is 132 cm³/mol. The molecule has 0 atom stereocenters. The number of rotatable bonds is 4. The van der Waals surface area contributed by atoms with Gasteiger partial charge >= 0.3 is 0 Å². The minimum absolute atomic E-state index is 0.0475. The molecule has 1 fully saturated rings. The number of aromatic nitrogens is 4. The summed E-state index contributed by atoms with van der Waals surface area (Å²) in [6.45, 7) is 1.41. The monoisotopic (exact) mass is 485 g/mol. The van der Waals surface area contributed by atoms with Gasteiger partial charge in [-0.3, -0.25) is 9.59 Å². The zero-order chi connectivity index (χ0) is 24.9. The summed E-state index contributed by atoms with van der Waals surface area (Å²) in [5, 5.41) is 5.82. The number of fused-ring (bicyclic) bond motifs is 3. The smallest absolute Gasteiger partial charge is 0.287 e. The standard InChI is InChI=1S/C26H24FN7O2/c1-33-21-20(32-23(33)24(35)28-14-16-5-4-6-17(27)13-16)22(30-15-29-21)34-11-9-26(10-12-34)18-7-2-3-8-19(18)31-25(26)36/h2-8,13,15H,9-12,14H2,1H3,(H,28,35)(H,31,36). The van der Waals surface area contributed by atoms with E-state index in [-0.39, 0.29) is 30.0 Å². The maximum atomic E-state index is 13.5. The Hall–Kier alpha value is -4.34. The van der Waals surface area contributed by atoms with E-state index >= 15 is 0 Å². The minimum atomic E-state index is -0.536. The van der Waals surface area contributed by atoms with Crippen molar-refractivity contribution in [1.82, 2.24) is 24.8 Å². The second-order valence-electron chi connectivity index (χ2n) is 9.25. The number of carbonyl (C=O) groups excluding carboxylic acids is 2. The molecule has 0 saturated carbocycles. The molecule has 0 unspecified atom stereocenters. The van der Waals surface area contributed by atoms with Crippen LogP contribution in [0.2, 0.25) is 0 Å². The molecule has 36 heavy (non-hydrogen) atoms. The van der Waals surface area contributed by atoms with E-state index in [0.717, 1.165) is 11.3 Å². The number of carbonyl (C=O) groups is 2. The first-order valence-electron chi connectivity index (χ1n) is 11.8. The van der Waals surface area contributed by atoms with Crippen LogP contribution in [0.1, 0.15) is 34.6 Å². The van der Waals surface area contributed by atoms with E-state index in [4.69, 9.17) is 0 Å². The first-order valence-corrected chi connectivity index (χ1v) is 11.8. The Balaban J connectivity index is 1.24. The number of anilines is 2. The van der Waals surface area contributed by atoms with Crippen LogP contribution in [0.4, 0.5) is 15.9 Å². The van der Waals surface area contributed by atoms with Crippen molar-refractivity contribution in [3.63, 3.8) is 0 Å². The number of nitrogens with zero attached hydrogens (tertiary/aromatic N) is 5. The van der Waals surface area contributed by atoms with E-state index < -0.39 is 5.41 Å². The van der Waals surface area contributed by atoms with Gasteiger partial charge in [0.2, 0.25) is 11.7 Å². The third-order valence-electron chi connectivity index (χ3n) is 7.22. The van der Waals surface area contributed by atoms with Crippen molar-refractivity contribution in [2.45, 2.75) is 24.8 Å². The lowest BCUT2D eigenvalue weighted by atomic mass is 9.73. The maximum Gasteiger partial charge on any atom is 0.287 e. The number of hydrogen-bond acceptors (Lipinski definition) is 6. The SMILES string of the molecule is Cn1c(C(=O)NCc2cccc(F)c2)nc2c(N3CCC4(CC3)C(=O)Nc3ccccc34)ncnc21. The lowest BCUT2D eigenvalue weighted by Gasteiger charge is -2.38. The number of nitrogens with one attached hydrogen (secondary N) is 2. The van der Waals surface area contributed by atoms with Gasteiger partial charge < -0.3 is 20.1 Å². The van der Waals surface area contributed by atoms with Gasteiger partial charge in [-0.15, -0.1) is 0 Å². The van der Waals surface area contributed by atoms with Crippen LogP contribution in [0.3, 0.4) is 0 Å². The van der Waals surface area contributed by atoms with Crippen LogP contribution >= 0.6 is 0 Å². The molecule has 10 heteroatoms. The lowest BCUT2D eigenvalue weighted by Crippen LogP contribution is -2.46. The third kappa shape index (κ3) is 3.48. The Morgan fingerprint density at radius 3 is 2.75 bits per heavy atom. The van der Waals surface area contributed by atoms with Crippen LogP contribution in [0.25, 0.3) is 11.2 Å². The number of imidazole rings is 1. The molecule has 1 spiro atoms. The van der Waals surface area contributed by atoms with E-state index in [1.165, 1.54) is 18.5 Å². The second-order valence-corrected chi connectivity index (χ2v) is 9.25. The molecule has 0 radical (unpaired) electrons. The van der Waals surface area contributed by atoms with Gasteiger partial charge in [0.15, 0.2) is 17.0 Å². The highest BCUT2D eigenvalue weighted by Crippen LogP contribution is 2.45. The summed E-state index contributed by atoms with van der Waals surface area (Å²) in [5.41, 5.74) is 3.13. The van der Waals surface area contributed by atoms with Crippen LogP contribution in [-0.4, -0.2) is 44.4 Å². The van der Waals surface area contributed by atoms with Crippen molar-refractivity contribution in [3.05, 3.63) is 77.6 Å². The summed E-state index contributed by atoms with van der Waals surface area (Å²) < 4.78 is 15.1. The van der Waals surface area contributed by atoms with Crippen molar-refractivity contribution in [2.75, 3.05) is 23.3 Å². The molecule has 2 aromatic heterocycles. The van der Waals surface area contributed by atoms with Crippen molar-refractivity contribution >= 4 is 34.5 Å². The highest BCUT2D eigenvalue weighted by atomic mass is 19.1. The maximum absolute atomic E-state index is 13.5. The minimum Gasteiger partial charge on any atom is -0.355 e. The molecular formula is C26H24FN7O2. The summed E-state index contributed by atoms with van der Waals surface area (Å²) in [6.07, 6.45) is 2.76. The van der Waals surface area contributed by atoms with Crippen LogP contribution in [0.5, 0.6) is 0 Å². The largest absolute Gasteiger partial charge is 0.355 e. The molecule has 9 nitrogen and oxygen atoms in total. The fourth-order valence-corrected chi connectivity index (χ4v) is 5.30. The van der Waals surface area contributed by atoms with E-state index in [1.807, 2.05) is 24.3 Å². The number of benzene rings is 2. The number of hydrogen-bond donors (Lipinski definition) is 2. The Morgan fingerprint density at radius 2 is 1.94 bits per heavy atom. The first kappa shape index (κ1) is 22.1. The van der Waals surface area contributed by atoms with Gasteiger partial charge in [-0.05, 0) is 42.2 Å². The molecule has 2 aliphatic rings. The Morgan fingerprint density at radius 1 is 1.14 bits per heavy atom. The molecule has 182 valence electrons. The van der Waals surface area contributed by atoms with Crippen molar-refractivity contribution in [2.24, 2.45) is 7.05 Å². The number of para-hydroxylation sites is 1. The molecule has 2 amide bonds. The van der Waals surface area contributed by atoms with Gasteiger partial charge in [0.05, 0.1) is 5.41 Å². The van der Waals surface area contributed by atoms with E-state index in [2.05, 4.69) is 30.5 Å². The van der Waals surface area contributed by atoms with E-state index in [9.17, 15) is 14.0 Å². The summed E-state index contributed by atoms with van der Waals surface area (Å²) in [6, 6.07) is 13.9. The summed E-state index contributed by atoms with van der Waals surface area (Å²) in [4.78, 5) is 41.4. The van der Waals surface area contributed by atoms with Gasteiger partial charge in [0.25, 0.3) is 5.91 Å². The summed E-state index contributed by atoms with van der Waals surface area (Å²) in [5.74, 6) is 0.141. The van der Waals surface area contributed by atoms with Crippen molar-refractivity contribution in [3.8, 4) is 0 Å². The molecule has 6 rings (SSSR count). The van der Waals surface area contributed by atoms with Crippen molar-refractivity contribution in [1.29, 1.82) is 0 Å². The van der Waals surface area contributed by atoms with Gasteiger partial charge in [-0.25, -0.2) is 19.3 Å². The zero-order valence-corrected chi connectivity index (χ0v) is 19.7. The molecule has 4 heterocycles. The molecule has 0 aliphatic carbocycles. The summed E-state index contributed by atoms with van der Waals surface area (Å²) in [7, 11) is 1.73. The van der Waals surface area contributed by atoms with E-state index in [0.29, 0.717) is 48.5 Å². The number of piperidine rings is 1. The molecule has 4 aromatic rings. The molecule has 2 N–H and O–H groups in total. The van der Waals surface area contributed by atoms with Gasteiger partial charge in [-0.1, -0.05) is 30.3 Å². The second kappa shape index (κ2) is 8.40. The third-order valence-corrected chi connectivity index (χ3v) is 7.22.